The summed E-state index contributed by atoms with van der Waals surface area (Å²) in [5.41, 5.74) is 1.36. The normalized spacial score (nSPS) is 29.1. The molecule has 1 aliphatic heterocycles. The molecule has 0 saturated carbocycles. The first kappa shape index (κ1) is 18.0. The Morgan fingerprint density at radius 3 is 2.00 bits per heavy atom. The predicted molar refractivity (Wildman–Crippen MR) is 89.4 cm³/mol. The van der Waals surface area contributed by atoms with Gasteiger partial charge in [-0.3, -0.25) is 0 Å². The lowest BCUT2D eigenvalue weighted by Crippen LogP contribution is -2.54. The minimum absolute atomic E-state index is 0.161. The van der Waals surface area contributed by atoms with Crippen LogP contribution in [0.2, 0.25) is 0 Å². The molecule has 0 unspecified atom stereocenters. The second-order valence-corrected chi connectivity index (χ2v) is 6.07. The average Bonchev–Trinajstić information content (AvgIpc) is 2.66. The zero-order valence-electron chi connectivity index (χ0n) is 13.6. The summed E-state index contributed by atoms with van der Waals surface area (Å²) >= 11 is 0. The standard InChI is InChI=1S/C19H22O6/c20-14-11-24-19(17(23)16(14)22)25-18(13-9-5-2-6-10-13)15(21)12-7-3-1-4-8-12/h1-10,14-23H,11H2/t14-,15-,16-,17+,18-,19-/m0/s1. The quantitative estimate of drug-likeness (QED) is 0.642. The van der Waals surface area contributed by atoms with Gasteiger partial charge in [0.25, 0.3) is 0 Å². The maximum absolute atomic E-state index is 10.8. The summed E-state index contributed by atoms with van der Waals surface area (Å²) in [6, 6.07) is 18.1. The summed E-state index contributed by atoms with van der Waals surface area (Å²) < 4.78 is 11.1. The van der Waals surface area contributed by atoms with Gasteiger partial charge < -0.3 is 29.9 Å². The van der Waals surface area contributed by atoms with Gasteiger partial charge in [0, 0.05) is 0 Å². The lowest BCUT2D eigenvalue weighted by Gasteiger charge is -2.37. The maximum atomic E-state index is 10.8. The third kappa shape index (κ3) is 4.07. The van der Waals surface area contributed by atoms with E-state index in [0.29, 0.717) is 11.1 Å². The molecule has 25 heavy (non-hydrogen) atoms. The molecule has 0 spiro atoms. The summed E-state index contributed by atoms with van der Waals surface area (Å²) in [5, 5.41) is 40.3. The van der Waals surface area contributed by atoms with Gasteiger partial charge in [-0.25, -0.2) is 0 Å². The van der Waals surface area contributed by atoms with E-state index in [1.807, 2.05) is 36.4 Å². The van der Waals surface area contributed by atoms with E-state index in [-0.39, 0.29) is 6.61 Å². The number of benzene rings is 2. The fourth-order valence-electron chi connectivity index (χ4n) is 2.85. The van der Waals surface area contributed by atoms with Crippen LogP contribution in [0.25, 0.3) is 0 Å². The Morgan fingerprint density at radius 2 is 1.40 bits per heavy atom. The second kappa shape index (κ2) is 8.05. The Bertz CT molecular complexity index is 649. The second-order valence-electron chi connectivity index (χ2n) is 6.07. The molecule has 2 aromatic rings. The molecule has 0 aromatic heterocycles. The van der Waals surface area contributed by atoms with E-state index in [4.69, 9.17) is 9.47 Å². The molecule has 0 amide bonds. The third-order valence-corrected chi connectivity index (χ3v) is 4.29. The van der Waals surface area contributed by atoms with Crippen molar-refractivity contribution in [2.75, 3.05) is 6.61 Å². The zero-order chi connectivity index (χ0) is 17.8. The van der Waals surface area contributed by atoms with Gasteiger partial charge in [0.2, 0.25) is 0 Å². The molecule has 6 heteroatoms. The smallest absolute Gasteiger partial charge is 0.187 e. The van der Waals surface area contributed by atoms with E-state index in [1.165, 1.54) is 0 Å². The van der Waals surface area contributed by atoms with Crippen LogP contribution in [0.5, 0.6) is 0 Å². The van der Waals surface area contributed by atoms with Crippen LogP contribution >= 0.6 is 0 Å². The fourth-order valence-corrected chi connectivity index (χ4v) is 2.85. The maximum Gasteiger partial charge on any atom is 0.187 e. The van der Waals surface area contributed by atoms with Crippen molar-refractivity contribution in [1.29, 1.82) is 0 Å². The van der Waals surface area contributed by atoms with Crippen molar-refractivity contribution in [2.24, 2.45) is 0 Å². The molecule has 2 aromatic carbocycles. The van der Waals surface area contributed by atoms with Crippen LogP contribution in [0, 0.1) is 0 Å². The molecule has 0 aliphatic carbocycles. The lowest BCUT2D eigenvalue weighted by atomic mass is 9.97. The van der Waals surface area contributed by atoms with Crippen molar-refractivity contribution in [3.05, 3.63) is 71.8 Å². The molecular formula is C19H22O6. The van der Waals surface area contributed by atoms with Crippen molar-refractivity contribution < 1.29 is 29.9 Å². The summed E-state index contributed by atoms with van der Waals surface area (Å²) in [5.74, 6) is 0. The molecule has 6 nitrogen and oxygen atoms in total. The highest BCUT2D eigenvalue weighted by atomic mass is 16.7. The van der Waals surface area contributed by atoms with Gasteiger partial charge in [0.15, 0.2) is 6.29 Å². The first-order valence-electron chi connectivity index (χ1n) is 8.17. The van der Waals surface area contributed by atoms with Crippen LogP contribution in [0.4, 0.5) is 0 Å². The highest BCUT2D eigenvalue weighted by molar-refractivity contribution is 5.25. The van der Waals surface area contributed by atoms with Gasteiger partial charge >= 0.3 is 0 Å². The van der Waals surface area contributed by atoms with Crippen molar-refractivity contribution in [2.45, 2.75) is 36.8 Å². The molecule has 1 saturated heterocycles. The number of rotatable bonds is 5. The lowest BCUT2D eigenvalue weighted by molar-refractivity contribution is -0.292. The van der Waals surface area contributed by atoms with E-state index in [0.717, 1.165) is 0 Å². The first-order chi connectivity index (χ1) is 12.1. The molecule has 4 N–H and O–H groups in total. The number of aliphatic hydroxyl groups excluding tert-OH is 4. The molecule has 1 fully saturated rings. The van der Waals surface area contributed by atoms with Crippen molar-refractivity contribution in [3.63, 3.8) is 0 Å². The van der Waals surface area contributed by atoms with E-state index in [2.05, 4.69) is 0 Å². The summed E-state index contributed by atoms with van der Waals surface area (Å²) in [7, 11) is 0. The van der Waals surface area contributed by atoms with Gasteiger partial charge in [0.05, 0.1) is 6.61 Å². The van der Waals surface area contributed by atoms with Gasteiger partial charge in [-0.15, -0.1) is 0 Å². The minimum Gasteiger partial charge on any atom is -0.388 e. The van der Waals surface area contributed by atoms with E-state index in [1.54, 1.807) is 24.3 Å². The Balaban J connectivity index is 1.85. The summed E-state index contributed by atoms with van der Waals surface area (Å²) in [6.45, 7) is -0.161. The Morgan fingerprint density at radius 1 is 0.840 bits per heavy atom. The number of hydrogen-bond acceptors (Lipinski definition) is 6. The van der Waals surface area contributed by atoms with Crippen LogP contribution in [-0.2, 0) is 9.47 Å². The summed E-state index contributed by atoms with van der Waals surface area (Å²) in [6.07, 6.45) is -6.94. The molecule has 0 bridgehead atoms. The van der Waals surface area contributed by atoms with Crippen LogP contribution < -0.4 is 0 Å². The largest absolute Gasteiger partial charge is 0.388 e. The molecule has 1 heterocycles. The monoisotopic (exact) mass is 346 g/mol. The molecule has 1 aliphatic rings. The van der Waals surface area contributed by atoms with Crippen LogP contribution in [0.1, 0.15) is 23.3 Å². The van der Waals surface area contributed by atoms with E-state index < -0.39 is 36.8 Å². The van der Waals surface area contributed by atoms with Crippen molar-refractivity contribution in [1.82, 2.24) is 0 Å². The van der Waals surface area contributed by atoms with Crippen molar-refractivity contribution >= 4 is 0 Å². The molecule has 6 atom stereocenters. The number of aliphatic hydroxyl groups is 4. The fraction of sp³-hybridized carbons (Fsp3) is 0.368. The number of hydrogen-bond donors (Lipinski definition) is 4. The molecule has 134 valence electrons. The van der Waals surface area contributed by atoms with Gasteiger partial charge in [-0.05, 0) is 11.1 Å². The third-order valence-electron chi connectivity index (χ3n) is 4.29. The Labute approximate surface area is 145 Å². The van der Waals surface area contributed by atoms with E-state index >= 15 is 0 Å². The highest BCUT2D eigenvalue weighted by Gasteiger charge is 2.40. The SMILES string of the molecule is O[C@@H]1[C@@H](O)[C@H](O[C@@H](c2ccccc2)[C@@H](O)c2ccccc2)OC[C@@H]1O. The highest BCUT2D eigenvalue weighted by Crippen LogP contribution is 2.34. The van der Waals surface area contributed by atoms with Gasteiger partial charge in [-0.2, -0.15) is 0 Å². The molecule has 0 radical (unpaired) electrons. The Kier molecular flexibility index (Phi) is 5.80. The topological polar surface area (TPSA) is 99.4 Å². The average molecular weight is 346 g/mol. The minimum atomic E-state index is -1.42. The van der Waals surface area contributed by atoms with E-state index in [9.17, 15) is 20.4 Å². The van der Waals surface area contributed by atoms with Crippen molar-refractivity contribution in [3.8, 4) is 0 Å². The van der Waals surface area contributed by atoms with Crippen LogP contribution in [0.15, 0.2) is 60.7 Å². The predicted octanol–water partition coefficient (Wildman–Crippen LogP) is 0.917. The molecular weight excluding hydrogens is 324 g/mol. The molecule has 3 rings (SSSR count). The zero-order valence-corrected chi connectivity index (χ0v) is 13.6. The number of ether oxygens (including phenoxy) is 2. The van der Waals surface area contributed by atoms with Crippen LogP contribution in [0.3, 0.4) is 0 Å². The van der Waals surface area contributed by atoms with Gasteiger partial charge in [-0.1, -0.05) is 60.7 Å². The first-order valence-corrected chi connectivity index (χ1v) is 8.17. The Hall–Kier alpha value is -1.80. The van der Waals surface area contributed by atoms with Crippen LogP contribution in [-0.4, -0.2) is 51.6 Å². The summed E-state index contributed by atoms with van der Waals surface area (Å²) in [4.78, 5) is 0. The van der Waals surface area contributed by atoms with Gasteiger partial charge in [0.1, 0.15) is 30.5 Å².